The van der Waals surface area contributed by atoms with Crippen molar-refractivity contribution in [1.82, 2.24) is 4.57 Å². The van der Waals surface area contributed by atoms with Crippen LogP contribution in [0.5, 0.6) is 0 Å². The van der Waals surface area contributed by atoms with E-state index in [0.29, 0.717) is 5.56 Å². The highest BCUT2D eigenvalue weighted by atomic mass is 16.6. The molecule has 4 heteroatoms. The fourth-order valence-corrected chi connectivity index (χ4v) is 1.99. The summed E-state index contributed by atoms with van der Waals surface area (Å²) in [5, 5.41) is 11.2. The molecule has 0 unspecified atom stereocenters. The molecular formula is C15H16N2O2. The molecule has 0 fully saturated rings. The summed E-state index contributed by atoms with van der Waals surface area (Å²) in [5.74, 6) is 0. The molecule has 0 spiro atoms. The first-order chi connectivity index (χ1) is 9.22. The molecule has 2 aromatic rings. The van der Waals surface area contributed by atoms with Gasteiger partial charge in [-0.15, -0.1) is 0 Å². The van der Waals surface area contributed by atoms with Crippen LogP contribution in [0.4, 0.5) is 0 Å². The first kappa shape index (κ1) is 13.1. The Morgan fingerprint density at radius 3 is 2.63 bits per heavy atom. The largest absolute Gasteiger partial charge is 0.348 e. The summed E-state index contributed by atoms with van der Waals surface area (Å²) >= 11 is 0. The van der Waals surface area contributed by atoms with Crippen LogP contribution in [0.1, 0.15) is 24.6 Å². The van der Waals surface area contributed by atoms with E-state index in [4.69, 9.17) is 0 Å². The Bertz CT molecular complexity index is 585. The van der Waals surface area contributed by atoms with E-state index in [1.165, 1.54) is 0 Å². The molecule has 98 valence electrons. The lowest BCUT2D eigenvalue weighted by molar-refractivity contribution is -0.374. The van der Waals surface area contributed by atoms with Gasteiger partial charge >= 0.3 is 0 Å². The average Bonchev–Trinajstić information content (AvgIpc) is 2.84. The lowest BCUT2D eigenvalue weighted by Gasteiger charge is -2.04. The number of nitro groups is 1. The van der Waals surface area contributed by atoms with Gasteiger partial charge in [-0.25, -0.2) is 0 Å². The smallest absolute Gasteiger partial charge is 0.278 e. The minimum Gasteiger partial charge on any atom is -0.348 e. The molecular weight excluding hydrogens is 240 g/mol. The maximum atomic E-state index is 11.2. The molecule has 0 aliphatic rings. The van der Waals surface area contributed by atoms with E-state index in [-0.39, 0.29) is 10.6 Å². The normalized spacial score (nSPS) is 11.5. The number of nitrogens with zero attached hydrogens (tertiary/aromatic N) is 2. The van der Waals surface area contributed by atoms with Crippen LogP contribution >= 0.6 is 0 Å². The van der Waals surface area contributed by atoms with Crippen LogP contribution in [0.25, 0.3) is 11.8 Å². The predicted octanol–water partition coefficient (Wildman–Crippen LogP) is 3.67. The van der Waals surface area contributed by atoms with Crippen molar-refractivity contribution in [1.29, 1.82) is 0 Å². The Kier molecular flexibility index (Phi) is 4.13. The van der Waals surface area contributed by atoms with E-state index < -0.39 is 0 Å². The zero-order valence-electron chi connectivity index (χ0n) is 10.8. The molecule has 0 saturated carbocycles. The van der Waals surface area contributed by atoms with Crippen molar-refractivity contribution in [3.63, 3.8) is 0 Å². The fourth-order valence-electron chi connectivity index (χ4n) is 1.99. The Labute approximate surface area is 112 Å². The van der Waals surface area contributed by atoms with Crippen LogP contribution in [-0.4, -0.2) is 9.49 Å². The second-order valence-electron chi connectivity index (χ2n) is 4.28. The number of rotatable bonds is 5. The van der Waals surface area contributed by atoms with Gasteiger partial charge < -0.3 is 4.57 Å². The maximum Gasteiger partial charge on any atom is 0.278 e. The Balaban J connectivity index is 2.42. The molecule has 0 saturated heterocycles. The van der Waals surface area contributed by atoms with Gasteiger partial charge in [0.05, 0.1) is 10.5 Å². The number of hydrogen-bond donors (Lipinski definition) is 0. The quantitative estimate of drug-likeness (QED) is 0.605. The molecule has 0 N–H and O–H groups in total. The van der Waals surface area contributed by atoms with E-state index in [1.54, 1.807) is 30.3 Å². The van der Waals surface area contributed by atoms with E-state index in [2.05, 4.69) is 6.92 Å². The number of aromatic nitrogens is 1. The van der Waals surface area contributed by atoms with Crippen LogP contribution < -0.4 is 0 Å². The summed E-state index contributed by atoms with van der Waals surface area (Å²) in [6.07, 6.45) is 4.57. The topological polar surface area (TPSA) is 48.1 Å². The second kappa shape index (κ2) is 6.00. The van der Waals surface area contributed by atoms with E-state index in [0.717, 1.165) is 18.7 Å². The van der Waals surface area contributed by atoms with Crippen LogP contribution in [0.3, 0.4) is 0 Å². The Morgan fingerprint density at radius 1 is 1.26 bits per heavy atom. The van der Waals surface area contributed by atoms with Crippen molar-refractivity contribution in [2.24, 2.45) is 0 Å². The van der Waals surface area contributed by atoms with E-state index in [9.17, 15) is 10.1 Å². The first-order valence-electron chi connectivity index (χ1n) is 6.29. The zero-order chi connectivity index (χ0) is 13.7. The number of hydrogen-bond acceptors (Lipinski definition) is 2. The molecule has 1 heterocycles. The maximum absolute atomic E-state index is 11.2. The Morgan fingerprint density at radius 2 is 2.00 bits per heavy atom. The van der Waals surface area contributed by atoms with Gasteiger partial charge in [0.2, 0.25) is 0 Å². The predicted molar refractivity (Wildman–Crippen MR) is 76.0 cm³/mol. The van der Waals surface area contributed by atoms with E-state index >= 15 is 0 Å². The molecule has 2 rings (SSSR count). The van der Waals surface area contributed by atoms with Crippen LogP contribution in [-0.2, 0) is 6.54 Å². The molecule has 0 aliphatic carbocycles. The molecule has 0 atom stereocenters. The standard InChI is InChI=1S/C15H16N2O2/c1-2-10-16-11-6-9-14(16)12-15(17(18)19)13-7-4-3-5-8-13/h3-9,11-12H,2,10H2,1H3. The molecule has 0 radical (unpaired) electrons. The monoisotopic (exact) mass is 256 g/mol. The van der Waals surface area contributed by atoms with Crippen molar-refractivity contribution in [3.05, 3.63) is 70.0 Å². The second-order valence-corrected chi connectivity index (χ2v) is 4.28. The van der Waals surface area contributed by atoms with Crippen molar-refractivity contribution in [3.8, 4) is 0 Å². The highest BCUT2D eigenvalue weighted by Gasteiger charge is 2.14. The van der Waals surface area contributed by atoms with Crippen molar-refractivity contribution >= 4 is 11.8 Å². The fraction of sp³-hybridized carbons (Fsp3) is 0.200. The van der Waals surface area contributed by atoms with Gasteiger partial charge in [-0.1, -0.05) is 25.1 Å². The molecule has 1 aromatic carbocycles. The van der Waals surface area contributed by atoms with Crippen LogP contribution in [0.15, 0.2) is 48.7 Å². The molecule has 0 bridgehead atoms. The van der Waals surface area contributed by atoms with Crippen molar-refractivity contribution in [2.75, 3.05) is 0 Å². The lowest BCUT2D eigenvalue weighted by atomic mass is 10.1. The zero-order valence-corrected chi connectivity index (χ0v) is 10.8. The molecule has 0 aliphatic heterocycles. The minimum absolute atomic E-state index is 0.122. The summed E-state index contributed by atoms with van der Waals surface area (Å²) in [4.78, 5) is 10.9. The Hall–Kier alpha value is -2.36. The van der Waals surface area contributed by atoms with E-state index in [1.807, 2.05) is 29.0 Å². The highest BCUT2D eigenvalue weighted by Crippen LogP contribution is 2.19. The van der Waals surface area contributed by atoms with Gasteiger partial charge in [0.15, 0.2) is 0 Å². The summed E-state index contributed by atoms with van der Waals surface area (Å²) in [6.45, 7) is 2.94. The van der Waals surface area contributed by atoms with Crippen LogP contribution in [0, 0.1) is 10.1 Å². The molecule has 4 nitrogen and oxygen atoms in total. The number of aryl methyl sites for hydroxylation is 1. The van der Waals surface area contributed by atoms with Gasteiger partial charge in [0, 0.05) is 24.5 Å². The third-order valence-electron chi connectivity index (χ3n) is 2.88. The SMILES string of the molecule is CCCn1cccc1C=C(c1ccccc1)[N+](=O)[O-]. The lowest BCUT2D eigenvalue weighted by Crippen LogP contribution is -2.01. The van der Waals surface area contributed by atoms with Crippen molar-refractivity contribution < 1.29 is 4.92 Å². The molecule has 19 heavy (non-hydrogen) atoms. The minimum atomic E-state index is -0.335. The summed E-state index contributed by atoms with van der Waals surface area (Å²) < 4.78 is 2.02. The summed E-state index contributed by atoms with van der Waals surface area (Å²) in [7, 11) is 0. The first-order valence-corrected chi connectivity index (χ1v) is 6.29. The van der Waals surface area contributed by atoms with Crippen molar-refractivity contribution in [2.45, 2.75) is 19.9 Å². The molecule has 1 aromatic heterocycles. The summed E-state index contributed by atoms with van der Waals surface area (Å²) in [5.41, 5.74) is 1.60. The van der Waals surface area contributed by atoms with Gasteiger partial charge in [0.25, 0.3) is 5.70 Å². The third kappa shape index (κ3) is 3.10. The molecule has 0 amide bonds. The van der Waals surface area contributed by atoms with Gasteiger partial charge in [-0.05, 0) is 30.7 Å². The van der Waals surface area contributed by atoms with Gasteiger partial charge in [-0.2, -0.15) is 0 Å². The van der Waals surface area contributed by atoms with Crippen LogP contribution in [0.2, 0.25) is 0 Å². The van der Waals surface area contributed by atoms with Gasteiger partial charge in [-0.3, -0.25) is 10.1 Å². The average molecular weight is 256 g/mol. The number of benzene rings is 1. The summed E-state index contributed by atoms with van der Waals surface area (Å²) in [6, 6.07) is 12.8. The third-order valence-corrected chi connectivity index (χ3v) is 2.88. The highest BCUT2D eigenvalue weighted by molar-refractivity contribution is 5.75. The van der Waals surface area contributed by atoms with Gasteiger partial charge in [0.1, 0.15) is 0 Å².